The minimum Gasteiger partial charge on any atom is -0.481 e. The van der Waals surface area contributed by atoms with E-state index in [2.05, 4.69) is 33.1 Å². The Bertz CT molecular complexity index is 946. The summed E-state index contributed by atoms with van der Waals surface area (Å²) in [5, 5.41) is 19.2. The first kappa shape index (κ1) is 16.2. The Morgan fingerprint density at radius 3 is 2.69 bits per heavy atom. The minimum absolute atomic E-state index is 0.205. The quantitative estimate of drug-likeness (QED) is 0.842. The summed E-state index contributed by atoms with van der Waals surface area (Å²) in [4.78, 5) is 11.0. The van der Waals surface area contributed by atoms with Gasteiger partial charge in [0, 0.05) is 18.2 Å². The molecule has 0 saturated heterocycles. The van der Waals surface area contributed by atoms with Crippen LogP contribution < -0.4 is 14.4 Å². The van der Waals surface area contributed by atoms with Gasteiger partial charge in [0.05, 0.1) is 31.9 Å². The summed E-state index contributed by atoms with van der Waals surface area (Å²) in [5.41, 5.74) is 3.88. The van der Waals surface area contributed by atoms with Crippen molar-refractivity contribution >= 4 is 11.5 Å². The number of aromatic nitrogens is 2. The van der Waals surface area contributed by atoms with Crippen molar-refractivity contribution in [1.82, 2.24) is 9.97 Å². The maximum absolute atomic E-state index is 9.61. The van der Waals surface area contributed by atoms with E-state index in [0.29, 0.717) is 17.3 Å². The Kier molecular flexibility index (Phi) is 3.85. The second kappa shape index (κ2) is 6.20. The third-order valence-electron chi connectivity index (χ3n) is 5.01. The molecule has 2 aliphatic rings. The fourth-order valence-corrected chi connectivity index (χ4v) is 3.97. The number of hydrogen-bond acceptors (Lipinski definition) is 7. The zero-order valence-corrected chi connectivity index (χ0v) is 14.6. The molecule has 0 aliphatic carbocycles. The molecule has 0 radical (unpaired) electrons. The Labute approximate surface area is 151 Å². The van der Waals surface area contributed by atoms with Crippen LogP contribution in [-0.2, 0) is 6.42 Å². The number of ether oxygens (including phenoxy) is 2. The van der Waals surface area contributed by atoms with Crippen LogP contribution in [0.2, 0.25) is 0 Å². The lowest BCUT2D eigenvalue weighted by Gasteiger charge is -2.40. The summed E-state index contributed by atoms with van der Waals surface area (Å²) in [6, 6.07) is 10.5. The van der Waals surface area contributed by atoms with Crippen molar-refractivity contribution in [2.24, 2.45) is 5.92 Å². The predicted octanol–water partition coefficient (Wildman–Crippen LogP) is 2.69. The highest BCUT2D eigenvalue weighted by molar-refractivity contribution is 5.79. The van der Waals surface area contributed by atoms with Crippen LogP contribution >= 0.6 is 0 Å². The first-order valence-electron chi connectivity index (χ1n) is 8.42. The number of benzene rings is 1. The van der Waals surface area contributed by atoms with Gasteiger partial charge in [0.15, 0.2) is 0 Å². The lowest BCUT2D eigenvalue weighted by Crippen LogP contribution is -2.34. The molecule has 1 unspecified atom stereocenters. The van der Waals surface area contributed by atoms with Crippen molar-refractivity contribution in [3.05, 3.63) is 34.9 Å². The Balaban J connectivity index is 2.07. The molecular formula is C19H17N5O2. The van der Waals surface area contributed by atoms with E-state index in [9.17, 15) is 10.5 Å². The summed E-state index contributed by atoms with van der Waals surface area (Å²) in [6.07, 6.45) is 1.96. The minimum atomic E-state index is -0.866. The maximum Gasteiger partial charge on any atom is 0.321 e. The average molecular weight is 347 g/mol. The van der Waals surface area contributed by atoms with Gasteiger partial charge in [-0.05, 0) is 24.0 Å². The number of anilines is 2. The van der Waals surface area contributed by atoms with Gasteiger partial charge in [-0.25, -0.2) is 0 Å². The van der Waals surface area contributed by atoms with Crippen LogP contribution in [-0.4, -0.2) is 30.7 Å². The predicted molar refractivity (Wildman–Crippen MR) is 93.5 cm³/mol. The molecule has 1 aromatic heterocycles. The third-order valence-corrected chi connectivity index (χ3v) is 5.01. The summed E-state index contributed by atoms with van der Waals surface area (Å²) < 4.78 is 10.7. The van der Waals surface area contributed by atoms with E-state index in [0.717, 1.165) is 30.6 Å². The highest BCUT2D eigenvalue weighted by atomic mass is 16.5. The van der Waals surface area contributed by atoms with E-state index in [1.807, 2.05) is 12.1 Å². The van der Waals surface area contributed by atoms with Gasteiger partial charge < -0.3 is 14.4 Å². The highest BCUT2D eigenvalue weighted by Gasteiger charge is 2.42. The van der Waals surface area contributed by atoms with E-state index >= 15 is 0 Å². The molecule has 0 fully saturated rings. The lowest BCUT2D eigenvalue weighted by molar-refractivity contribution is 0.346. The van der Waals surface area contributed by atoms with Gasteiger partial charge in [0.2, 0.25) is 5.88 Å². The summed E-state index contributed by atoms with van der Waals surface area (Å²) >= 11 is 0. The summed E-state index contributed by atoms with van der Waals surface area (Å²) in [6.45, 7) is 0.802. The molecule has 1 aromatic carbocycles. The van der Waals surface area contributed by atoms with Crippen LogP contribution in [0, 0.1) is 28.6 Å². The first-order chi connectivity index (χ1) is 12.7. The van der Waals surface area contributed by atoms with E-state index in [1.165, 1.54) is 19.8 Å². The number of nitriles is 2. The van der Waals surface area contributed by atoms with E-state index in [-0.39, 0.29) is 6.01 Å². The Morgan fingerprint density at radius 1 is 1.19 bits per heavy atom. The van der Waals surface area contributed by atoms with E-state index < -0.39 is 11.8 Å². The molecule has 7 nitrogen and oxygen atoms in total. The number of methoxy groups -OCH3 is 2. The number of hydrogen-bond donors (Lipinski definition) is 0. The Hall–Kier alpha value is -3.32. The zero-order valence-electron chi connectivity index (χ0n) is 14.6. The smallest absolute Gasteiger partial charge is 0.321 e. The topological polar surface area (TPSA) is 95.1 Å². The summed E-state index contributed by atoms with van der Waals surface area (Å²) in [5.74, 6) is -0.330. The summed E-state index contributed by atoms with van der Waals surface area (Å²) in [7, 11) is 3.03. The van der Waals surface area contributed by atoms with E-state index in [1.54, 1.807) is 0 Å². The zero-order chi connectivity index (χ0) is 18.3. The molecule has 7 heteroatoms. The molecule has 0 N–H and O–H groups in total. The fraction of sp³-hybridized carbons (Fsp3) is 0.368. The van der Waals surface area contributed by atoms with Crippen molar-refractivity contribution in [1.29, 1.82) is 10.5 Å². The van der Waals surface area contributed by atoms with Crippen molar-refractivity contribution in [3.63, 3.8) is 0 Å². The molecular weight excluding hydrogens is 330 g/mol. The van der Waals surface area contributed by atoms with Crippen LogP contribution in [0.1, 0.15) is 29.0 Å². The second-order valence-corrected chi connectivity index (χ2v) is 6.28. The van der Waals surface area contributed by atoms with Crippen molar-refractivity contribution in [2.75, 3.05) is 25.7 Å². The van der Waals surface area contributed by atoms with Crippen LogP contribution in [0.4, 0.5) is 11.5 Å². The van der Waals surface area contributed by atoms with Crippen LogP contribution in [0.15, 0.2) is 18.2 Å². The molecule has 2 aliphatic heterocycles. The molecule has 1 atom stereocenters. The molecule has 0 spiro atoms. The number of rotatable bonds is 3. The van der Waals surface area contributed by atoms with Gasteiger partial charge in [-0.1, -0.05) is 18.2 Å². The molecule has 26 heavy (non-hydrogen) atoms. The number of para-hydroxylation sites is 1. The normalized spacial score (nSPS) is 17.0. The van der Waals surface area contributed by atoms with Gasteiger partial charge in [-0.2, -0.15) is 20.5 Å². The average Bonchev–Trinajstić information content (AvgIpc) is 2.70. The molecule has 0 amide bonds. The second-order valence-electron chi connectivity index (χ2n) is 6.28. The number of nitrogens with zero attached hydrogens (tertiary/aromatic N) is 5. The van der Waals surface area contributed by atoms with Gasteiger partial charge in [0.25, 0.3) is 0 Å². The van der Waals surface area contributed by atoms with Crippen molar-refractivity contribution in [3.8, 4) is 24.0 Å². The van der Waals surface area contributed by atoms with Crippen molar-refractivity contribution in [2.45, 2.75) is 18.8 Å². The van der Waals surface area contributed by atoms with E-state index in [4.69, 9.17) is 9.47 Å². The molecule has 0 bridgehead atoms. The molecule has 0 saturated carbocycles. The number of fused-ring (bicyclic) bond motifs is 2. The standard InChI is InChI=1S/C19H17N5O2/c1-25-18-15-14(12(9-20)10-21)13-7-3-5-11-6-4-8-24(16(11)13)17(15)22-19(23-18)26-2/h3,5,7,12,14H,4,6,8H2,1-2H3. The maximum atomic E-state index is 9.61. The molecule has 2 aromatic rings. The fourth-order valence-electron chi connectivity index (χ4n) is 3.97. The highest BCUT2D eigenvalue weighted by Crippen LogP contribution is 2.53. The van der Waals surface area contributed by atoms with Crippen LogP contribution in [0.5, 0.6) is 11.9 Å². The SMILES string of the molecule is COc1nc(OC)c2c(n1)N1CCCc3cccc(c31)C2C(C#N)C#N. The van der Waals surface area contributed by atoms with Gasteiger partial charge in [0.1, 0.15) is 11.7 Å². The van der Waals surface area contributed by atoms with Crippen molar-refractivity contribution < 1.29 is 9.47 Å². The van der Waals surface area contributed by atoms with Gasteiger partial charge in [-0.15, -0.1) is 0 Å². The van der Waals surface area contributed by atoms with Gasteiger partial charge >= 0.3 is 6.01 Å². The number of aryl methyl sites for hydroxylation is 1. The molecule has 3 heterocycles. The molecule has 4 rings (SSSR count). The third kappa shape index (κ3) is 2.18. The largest absolute Gasteiger partial charge is 0.481 e. The van der Waals surface area contributed by atoms with Crippen LogP contribution in [0.25, 0.3) is 0 Å². The Morgan fingerprint density at radius 2 is 2.00 bits per heavy atom. The van der Waals surface area contributed by atoms with Crippen LogP contribution in [0.3, 0.4) is 0 Å². The van der Waals surface area contributed by atoms with Gasteiger partial charge in [-0.3, -0.25) is 0 Å². The lowest BCUT2D eigenvalue weighted by atomic mass is 9.77. The molecule has 130 valence electrons. The first-order valence-corrected chi connectivity index (χ1v) is 8.42. The monoisotopic (exact) mass is 347 g/mol.